The van der Waals surface area contributed by atoms with Crippen molar-refractivity contribution < 1.29 is 9.53 Å². The highest BCUT2D eigenvalue weighted by atomic mass is 16.5. The van der Waals surface area contributed by atoms with E-state index in [0.717, 1.165) is 11.3 Å². The van der Waals surface area contributed by atoms with E-state index in [1.165, 1.54) is 11.1 Å². The molecule has 2 aromatic carbocycles. The lowest BCUT2D eigenvalue weighted by molar-refractivity contribution is -0.120. The maximum Gasteiger partial charge on any atom is 0.224 e. The number of carbonyl (C=O) groups excluding carboxylic acids is 1. The zero-order valence-electron chi connectivity index (χ0n) is 14.1. The molecule has 0 atom stereocenters. The molecule has 0 heterocycles. The first-order valence-corrected chi connectivity index (χ1v) is 8.10. The largest absolute Gasteiger partial charge is 0.491 e. The minimum absolute atomic E-state index is 0.0228. The Morgan fingerprint density at radius 3 is 2.48 bits per heavy atom. The SMILES string of the molecule is Cc1ccc(CC(=O)NCCOc2ccccc2C(C)C)cc1. The van der Waals surface area contributed by atoms with Crippen molar-refractivity contribution >= 4 is 5.91 Å². The van der Waals surface area contributed by atoms with Crippen molar-refractivity contribution in [3.63, 3.8) is 0 Å². The van der Waals surface area contributed by atoms with Crippen molar-refractivity contribution in [2.45, 2.75) is 33.1 Å². The molecule has 0 spiro atoms. The first kappa shape index (κ1) is 17.1. The van der Waals surface area contributed by atoms with Gasteiger partial charge in [-0.3, -0.25) is 4.79 Å². The molecule has 1 N–H and O–H groups in total. The average molecular weight is 311 g/mol. The van der Waals surface area contributed by atoms with Crippen LogP contribution in [-0.2, 0) is 11.2 Å². The van der Waals surface area contributed by atoms with Crippen LogP contribution < -0.4 is 10.1 Å². The number of ether oxygens (including phenoxy) is 1. The van der Waals surface area contributed by atoms with E-state index in [1.54, 1.807) is 0 Å². The van der Waals surface area contributed by atoms with Crippen LogP contribution >= 0.6 is 0 Å². The zero-order valence-corrected chi connectivity index (χ0v) is 14.1. The number of para-hydroxylation sites is 1. The standard InChI is InChI=1S/C20H25NO2/c1-15(2)18-6-4-5-7-19(18)23-13-12-21-20(22)14-17-10-8-16(3)9-11-17/h4-11,15H,12-14H2,1-3H3,(H,21,22). The van der Waals surface area contributed by atoms with Crippen molar-refractivity contribution in [1.29, 1.82) is 0 Å². The van der Waals surface area contributed by atoms with Crippen LogP contribution in [0.25, 0.3) is 0 Å². The summed E-state index contributed by atoms with van der Waals surface area (Å²) in [5.41, 5.74) is 3.42. The first-order valence-electron chi connectivity index (χ1n) is 8.10. The van der Waals surface area contributed by atoms with Gasteiger partial charge in [-0.15, -0.1) is 0 Å². The maximum atomic E-state index is 11.9. The molecule has 0 unspecified atom stereocenters. The second-order valence-corrected chi connectivity index (χ2v) is 6.05. The molecular formula is C20H25NO2. The highest BCUT2D eigenvalue weighted by molar-refractivity contribution is 5.78. The van der Waals surface area contributed by atoms with Crippen LogP contribution in [0.15, 0.2) is 48.5 Å². The molecule has 23 heavy (non-hydrogen) atoms. The number of nitrogens with one attached hydrogen (secondary N) is 1. The molecule has 0 fully saturated rings. The summed E-state index contributed by atoms with van der Waals surface area (Å²) in [5, 5.41) is 2.90. The Bertz CT molecular complexity index is 632. The number of benzene rings is 2. The van der Waals surface area contributed by atoms with Crippen LogP contribution in [0.4, 0.5) is 0 Å². The van der Waals surface area contributed by atoms with Crippen LogP contribution in [0.1, 0.15) is 36.5 Å². The molecule has 0 radical (unpaired) electrons. The molecule has 0 saturated heterocycles. The Morgan fingerprint density at radius 1 is 1.09 bits per heavy atom. The summed E-state index contributed by atoms with van der Waals surface area (Å²) in [5.74, 6) is 1.34. The third-order valence-corrected chi connectivity index (χ3v) is 3.71. The number of aryl methyl sites for hydroxylation is 1. The predicted molar refractivity (Wildman–Crippen MR) is 93.9 cm³/mol. The average Bonchev–Trinajstić information content (AvgIpc) is 2.54. The number of rotatable bonds is 7. The van der Waals surface area contributed by atoms with E-state index >= 15 is 0 Å². The molecule has 0 aromatic heterocycles. The molecular weight excluding hydrogens is 286 g/mol. The third kappa shape index (κ3) is 5.44. The Labute approximate surface area is 138 Å². The fraction of sp³-hybridized carbons (Fsp3) is 0.350. The van der Waals surface area contributed by atoms with Gasteiger partial charge in [0.05, 0.1) is 13.0 Å². The Morgan fingerprint density at radius 2 is 1.78 bits per heavy atom. The van der Waals surface area contributed by atoms with Crippen molar-refractivity contribution in [2.24, 2.45) is 0 Å². The number of hydrogen-bond acceptors (Lipinski definition) is 2. The molecule has 0 aliphatic carbocycles. The third-order valence-electron chi connectivity index (χ3n) is 3.71. The number of amides is 1. The van der Waals surface area contributed by atoms with Crippen LogP contribution in [-0.4, -0.2) is 19.1 Å². The van der Waals surface area contributed by atoms with Gasteiger partial charge in [-0.2, -0.15) is 0 Å². The summed E-state index contributed by atoms with van der Waals surface area (Å²) >= 11 is 0. The monoisotopic (exact) mass is 311 g/mol. The Balaban J connectivity index is 1.75. The summed E-state index contributed by atoms with van der Waals surface area (Å²) in [4.78, 5) is 11.9. The van der Waals surface area contributed by atoms with E-state index in [1.807, 2.05) is 49.4 Å². The van der Waals surface area contributed by atoms with E-state index < -0.39 is 0 Å². The van der Waals surface area contributed by atoms with Crippen LogP contribution in [0, 0.1) is 6.92 Å². The van der Waals surface area contributed by atoms with Crippen LogP contribution in [0.2, 0.25) is 0 Å². The van der Waals surface area contributed by atoms with Crippen molar-refractivity contribution in [3.05, 3.63) is 65.2 Å². The Hall–Kier alpha value is -2.29. The van der Waals surface area contributed by atoms with Crippen LogP contribution in [0.3, 0.4) is 0 Å². The minimum Gasteiger partial charge on any atom is -0.491 e. The van der Waals surface area contributed by atoms with E-state index in [-0.39, 0.29) is 5.91 Å². The second-order valence-electron chi connectivity index (χ2n) is 6.05. The molecule has 0 aliphatic rings. The first-order chi connectivity index (χ1) is 11.1. The number of hydrogen-bond donors (Lipinski definition) is 1. The highest BCUT2D eigenvalue weighted by Gasteiger charge is 2.07. The lowest BCUT2D eigenvalue weighted by Gasteiger charge is -2.14. The second kappa shape index (κ2) is 8.37. The van der Waals surface area contributed by atoms with Gasteiger partial charge < -0.3 is 10.1 Å². The van der Waals surface area contributed by atoms with E-state index in [2.05, 4.69) is 25.2 Å². The zero-order chi connectivity index (χ0) is 16.7. The summed E-state index contributed by atoms with van der Waals surface area (Å²) in [6, 6.07) is 16.1. The van der Waals surface area contributed by atoms with Gasteiger partial charge >= 0.3 is 0 Å². The lowest BCUT2D eigenvalue weighted by Crippen LogP contribution is -2.29. The van der Waals surface area contributed by atoms with Gasteiger partial charge in [-0.05, 0) is 30.0 Å². The topological polar surface area (TPSA) is 38.3 Å². The summed E-state index contributed by atoms with van der Waals surface area (Å²) in [7, 11) is 0. The quantitative estimate of drug-likeness (QED) is 0.789. The molecule has 0 saturated carbocycles. The van der Waals surface area contributed by atoms with Crippen molar-refractivity contribution in [1.82, 2.24) is 5.32 Å². The van der Waals surface area contributed by atoms with Gasteiger partial charge in [0.15, 0.2) is 0 Å². The van der Waals surface area contributed by atoms with E-state index in [4.69, 9.17) is 4.74 Å². The van der Waals surface area contributed by atoms with Gasteiger partial charge in [0.2, 0.25) is 5.91 Å². The van der Waals surface area contributed by atoms with Gasteiger partial charge in [0, 0.05) is 0 Å². The van der Waals surface area contributed by atoms with Crippen LogP contribution in [0.5, 0.6) is 5.75 Å². The summed E-state index contributed by atoms with van der Waals surface area (Å²) in [6.45, 7) is 7.31. The van der Waals surface area contributed by atoms with Gasteiger partial charge in [-0.1, -0.05) is 61.9 Å². The highest BCUT2D eigenvalue weighted by Crippen LogP contribution is 2.25. The van der Waals surface area contributed by atoms with Gasteiger partial charge in [-0.25, -0.2) is 0 Å². The molecule has 0 aliphatic heterocycles. The summed E-state index contributed by atoms with van der Waals surface area (Å²) < 4.78 is 5.80. The fourth-order valence-electron chi connectivity index (χ4n) is 2.39. The minimum atomic E-state index is 0.0228. The maximum absolute atomic E-state index is 11.9. The molecule has 2 rings (SSSR count). The molecule has 1 amide bonds. The molecule has 122 valence electrons. The fourth-order valence-corrected chi connectivity index (χ4v) is 2.39. The summed E-state index contributed by atoms with van der Waals surface area (Å²) in [6.07, 6.45) is 0.406. The number of carbonyl (C=O) groups is 1. The van der Waals surface area contributed by atoms with Crippen molar-refractivity contribution in [3.8, 4) is 5.75 Å². The molecule has 3 nitrogen and oxygen atoms in total. The van der Waals surface area contributed by atoms with Gasteiger partial charge in [0.1, 0.15) is 12.4 Å². The Kier molecular flexibility index (Phi) is 6.21. The normalized spacial score (nSPS) is 10.6. The van der Waals surface area contributed by atoms with Crippen molar-refractivity contribution in [2.75, 3.05) is 13.2 Å². The molecule has 2 aromatic rings. The predicted octanol–water partition coefficient (Wildman–Crippen LogP) is 3.86. The molecule has 0 bridgehead atoms. The van der Waals surface area contributed by atoms with Gasteiger partial charge in [0.25, 0.3) is 0 Å². The smallest absolute Gasteiger partial charge is 0.224 e. The van der Waals surface area contributed by atoms with E-state index in [0.29, 0.717) is 25.5 Å². The molecule has 3 heteroatoms. The van der Waals surface area contributed by atoms with E-state index in [9.17, 15) is 4.79 Å². The lowest BCUT2D eigenvalue weighted by atomic mass is 10.0.